The minimum absolute atomic E-state index is 0.159. The van der Waals surface area contributed by atoms with Gasteiger partial charge in [0.15, 0.2) is 0 Å². The van der Waals surface area contributed by atoms with Crippen molar-refractivity contribution in [3.8, 4) is 5.75 Å². The Hall–Kier alpha value is -2.32. The van der Waals surface area contributed by atoms with Crippen molar-refractivity contribution >= 4 is 12.7 Å². The standard InChI is InChI=1S/C24H30FNO2.C2H7N.CH3F.CH4O.CH2O/c1-16-10-17-6-7-24(13-16,14-17)15-28-22-12-21(25)20(11-19(22)18-4-5-18)23(27)26-8-2-3-9-26;1-2-3;3*1-2/h6,11-12,16,18H,2-5,7-10,13-15H2,1H3;2-3H2,1H3;1H3;2H,1H3;1H2. The number of allylic oxidation sites excluding steroid dienone is 2. The summed E-state index contributed by atoms with van der Waals surface area (Å²) in [6, 6.07) is 3.28. The van der Waals surface area contributed by atoms with E-state index in [1.165, 1.54) is 18.9 Å². The highest BCUT2D eigenvalue weighted by atomic mass is 19.1. The summed E-state index contributed by atoms with van der Waals surface area (Å²) >= 11 is 0. The minimum atomic E-state index is -0.434. The molecule has 5 rings (SSSR count). The van der Waals surface area contributed by atoms with Crippen LogP contribution < -0.4 is 10.5 Å². The van der Waals surface area contributed by atoms with E-state index >= 15 is 0 Å². The minimum Gasteiger partial charge on any atom is -0.493 e. The summed E-state index contributed by atoms with van der Waals surface area (Å²) < 4.78 is 30.7. The van der Waals surface area contributed by atoms with Crippen LogP contribution in [-0.2, 0) is 4.79 Å². The summed E-state index contributed by atoms with van der Waals surface area (Å²) in [6.07, 6.45) is 11.2. The number of amides is 1. The highest BCUT2D eigenvalue weighted by Crippen LogP contribution is 2.51. The molecule has 2 atom stereocenters. The van der Waals surface area contributed by atoms with E-state index in [2.05, 4.69) is 13.0 Å². The lowest BCUT2D eigenvalue weighted by molar-refractivity contribution is -0.0980. The van der Waals surface area contributed by atoms with Gasteiger partial charge in [-0.05, 0) is 81.4 Å². The molecule has 0 spiro atoms. The van der Waals surface area contributed by atoms with Crippen LogP contribution in [0.2, 0.25) is 0 Å². The average Bonchev–Trinajstić information content (AvgIpc) is 3.52. The lowest BCUT2D eigenvalue weighted by Crippen LogP contribution is -2.31. The number of hydrogen-bond acceptors (Lipinski definition) is 5. The molecule has 2 unspecified atom stereocenters. The van der Waals surface area contributed by atoms with Crippen LogP contribution in [0.15, 0.2) is 23.8 Å². The zero-order valence-corrected chi connectivity index (χ0v) is 23.0. The van der Waals surface area contributed by atoms with Crippen molar-refractivity contribution in [1.29, 1.82) is 0 Å². The van der Waals surface area contributed by atoms with Crippen molar-refractivity contribution in [3.63, 3.8) is 0 Å². The first-order valence-corrected chi connectivity index (χ1v) is 13.2. The van der Waals surface area contributed by atoms with Crippen LogP contribution in [0.4, 0.5) is 8.78 Å². The number of carbonyl (C=O) groups is 2. The van der Waals surface area contributed by atoms with E-state index in [4.69, 9.17) is 20.4 Å². The lowest BCUT2D eigenvalue weighted by atomic mass is 9.72. The summed E-state index contributed by atoms with van der Waals surface area (Å²) in [5.41, 5.74) is 7.87. The number of aliphatic hydroxyl groups excluding tert-OH is 1. The molecule has 1 amide bonds. The number of nitrogens with zero attached hydrogens (tertiary/aromatic N) is 1. The number of halogens is 2. The van der Waals surface area contributed by atoms with Crippen molar-refractivity contribution in [2.75, 3.05) is 40.5 Å². The van der Waals surface area contributed by atoms with Crippen molar-refractivity contribution in [1.82, 2.24) is 4.90 Å². The maximum Gasteiger partial charge on any atom is 0.256 e. The monoisotopic (exact) mass is 524 g/mol. The number of aliphatic hydroxyl groups is 1. The molecular weight excluding hydrogens is 478 g/mol. The van der Waals surface area contributed by atoms with Crippen LogP contribution in [0.5, 0.6) is 5.75 Å². The predicted molar refractivity (Wildman–Crippen MR) is 144 cm³/mol. The van der Waals surface area contributed by atoms with Crippen LogP contribution in [0.3, 0.4) is 0 Å². The second-order valence-corrected chi connectivity index (χ2v) is 10.1. The third-order valence-corrected chi connectivity index (χ3v) is 7.09. The van der Waals surface area contributed by atoms with E-state index in [-0.39, 0.29) is 16.9 Å². The van der Waals surface area contributed by atoms with Gasteiger partial charge in [-0.15, -0.1) is 0 Å². The first kappa shape index (κ1) is 32.7. The van der Waals surface area contributed by atoms with Gasteiger partial charge in [-0.2, -0.15) is 0 Å². The van der Waals surface area contributed by atoms with Gasteiger partial charge in [-0.3, -0.25) is 9.18 Å². The molecule has 1 aliphatic heterocycles. The Morgan fingerprint density at radius 3 is 2.38 bits per heavy atom. The normalized spacial score (nSPS) is 23.0. The van der Waals surface area contributed by atoms with Gasteiger partial charge in [0.1, 0.15) is 18.4 Å². The van der Waals surface area contributed by atoms with E-state index in [0.717, 1.165) is 70.8 Å². The van der Waals surface area contributed by atoms with Crippen LogP contribution >= 0.6 is 0 Å². The number of benzene rings is 1. The molecule has 2 bridgehead atoms. The molecule has 3 aliphatic carbocycles. The summed E-state index contributed by atoms with van der Waals surface area (Å²) in [4.78, 5) is 22.5. The van der Waals surface area contributed by atoms with Gasteiger partial charge < -0.3 is 25.3 Å². The van der Waals surface area contributed by atoms with Crippen molar-refractivity contribution in [2.45, 2.75) is 71.1 Å². The number of ether oxygens (including phenoxy) is 1. The molecule has 0 aromatic heterocycles. The Bertz CT molecular complexity index is 870. The van der Waals surface area contributed by atoms with Crippen LogP contribution in [-0.4, -0.2) is 63.2 Å². The summed E-state index contributed by atoms with van der Waals surface area (Å²) in [6.45, 7) is 9.10. The Kier molecular flexibility index (Phi) is 14.6. The molecule has 3 fully saturated rings. The maximum atomic E-state index is 14.9. The van der Waals surface area contributed by atoms with Crippen molar-refractivity contribution < 1.29 is 28.2 Å². The van der Waals surface area contributed by atoms with Gasteiger partial charge in [0, 0.05) is 31.7 Å². The second kappa shape index (κ2) is 16.5. The maximum absolute atomic E-state index is 14.9. The van der Waals surface area contributed by atoms with E-state index in [1.807, 2.05) is 13.7 Å². The molecule has 6 nitrogen and oxygen atoms in total. The predicted octanol–water partition coefficient (Wildman–Crippen LogP) is 5.43. The number of alkyl halides is 1. The Labute approximate surface area is 221 Å². The topological polar surface area (TPSA) is 92.9 Å². The summed E-state index contributed by atoms with van der Waals surface area (Å²) in [5, 5.41) is 7.00. The molecule has 8 heteroatoms. The number of rotatable bonds is 5. The second-order valence-electron chi connectivity index (χ2n) is 10.1. The molecule has 1 saturated heterocycles. The molecule has 210 valence electrons. The number of nitrogens with two attached hydrogens (primary N) is 1. The number of hydrogen-bond donors (Lipinski definition) is 2. The van der Waals surface area contributed by atoms with Crippen LogP contribution in [0.25, 0.3) is 0 Å². The van der Waals surface area contributed by atoms with Gasteiger partial charge in [0.25, 0.3) is 5.91 Å². The first-order chi connectivity index (χ1) is 17.9. The van der Waals surface area contributed by atoms with Gasteiger partial charge in [0.2, 0.25) is 0 Å². The fourth-order valence-corrected chi connectivity index (χ4v) is 5.62. The lowest BCUT2D eigenvalue weighted by Gasteiger charge is -2.36. The highest BCUT2D eigenvalue weighted by molar-refractivity contribution is 5.95. The molecule has 1 aromatic carbocycles. The number of carbonyl (C=O) groups excluding carboxylic acids is 2. The highest BCUT2D eigenvalue weighted by Gasteiger charge is 2.41. The van der Waals surface area contributed by atoms with Crippen LogP contribution in [0, 0.1) is 17.2 Å². The van der Waals surface area contributed by atoms with Crippen LogP contribution in [0.1, 0.15) is 87.1 Å². The zero-order chi connectivity index (χ0) is 28.0. The molecule has 1 aromatic rings. The summed E-state index contributed by atoms with van der Waals surface area (Å²) in [7, 11) is 1.50. The van der Waals surface area contributed by atoms with Gasteiger partial charge in [-0.25, -0.2) is 4.39 Å². The van der Waals surface area contributed by atoms with Crippen molar-refractivity contribution in [3.05, 3.63) is 40.7 Å². The fraction of sp³-hybridized carbons (Fsp3) is 0.655. The third kappa shape index (κ3) is 8.88. The average molecular weight is 525 g/mol. The molecule has 4 aliphatic rings. The molecule has 0 radical (unpaired) electrons. The Morgan fingerprint density at radius 1 is 1.22 bits per heavy atom. The largest absolute Gasteiger partial charge is 0.493 e. The SMILES string of the molecule is C=O.CC1CC2=CCC(COc3cc(F)c(C(=O)N4CCCC4)cc3C3CC3)(C2)C1.CCN.CF.CO. The van der Waals surface area contributed by atoms with E-state index in [1.54, 1.807) is 16.5 Å². The molecule has 37 heavy (non-hydrogen) atoms. The molecule has 1 heterocycles. The fourth-order valence-electron chi connectivity index (χ4n) is 5.62. The zero-order valence-electron chi connectivity index (χ0n) is 23.0. The molecule has 3 N–H and O–H groups in total. The number of likely N-dealkylation sites (tertiary alicyclic amines) is 1. The molecular formula is C29H46F2N2O4. The Balaban J connectivity index is 0.000000685. The van der Waals surface area contributed by atoms with E-state index in [0.29, 0.717) is 31.4 Å². The Morgan fingerprint density at radius 2 is 1.81 bits per heavy atom. The van der Waals surface area contributed by atoms with E-state index in [9.17, 15) is 13.6 Å². The summed E-state index contributed by atoms with van der Waals surface area (Å²) in [5.74, 6) is 1.19. The van der Waals surface area contributed by atoms with Crippen molar-refractivity contribution in [2.24, 2.45) is 17.1 Å². The van der Waals surface area contributed by atoms with Gasteiger partial charge in [-0.1, -0.05) is 25.5 Å². The quantitative estimate of drug-likeness (QED) is 0.501. The van der Waals surface area contributed by atoms with Gasteiger partial charge in [0.05, 0.1) is 19.3 Å². The number of fused-ring (bicyclic) bond motifs is 2. The molecule has 2 saturated carbocycles. The van der Waals surface area contributed by atoms with E-state index < -0.39 is 5.82 Å². The van der Waals surface area contributed by atoms with Gasteiger partial charge >= 0.3 is 0 Å². The first-order valence-electron chi connectivity index (χ1n) is 13.2. The smallest absolute Gasteiger partial charge is 0.256 e. The third-order valence-electron chi connectivity index (χ3n) is 7.09.